The van der Waals surface area contributed by atoms with Gasteiger partial charge in [-0.05, 0) is 60.7 Å². The first-order valence-electron chi connectivity index (χ1n) is 11.3. The van der Waals surface area contributed by atoms with Crippen molar-refractivity contribution in [3.63, 3.8) is 0 Å². The van der Waals surface area contributed by atoms with Crippen molar-refractivity contribution in [3.8, 4) is 17.1 Å². The van der Waals surface area contributed by atoms with Gasteiger partial charge in [0.2, 0.25) is 10.0 Å². The summed E-state index contributed by atoms with van der Waals surface area (Å²) < 4.78 is 39.0. The van der Waals surface area contributed by atoms with Crippen LogP contribution < -0.4 is 19.7 Å². The molecule has 37 heavy (non-hydrogen) atoms. The molecule has 0 bridgehead atoms. The molecule has 2 aromatic heterocycles. The number of hydrogen-bond donors (Lipinski definition) is 2. The van der Waals surface area contributed by atoms with Crippen LogP contribution in [0.25, 0.3) is 11.3 Å². The Bertz CT molecular complexity index is 1540. The van der Waals surface area contributed by atoms with Gasteiger partial charge < -0.3 is 19.4 Å². The second kappa shape index (κ2) is 10.2. The first kappa shape index (κ1) is 25.2. The summed E-state index contributed by atoms with van der Waals surface area (Å²) >= 11 is 9.25. The third kappa shape index (κ3) is 5.34. The Labute approximate surface area is 228 Å². The number of aromatic nitrogens is 1. The molecule has 0 aliphatic carbocycles. The molecule has 0 radical (unpaired) electrons. The molecule has 0 unspecified atom stereocenters. The molecule has 5 rings (SSSR count). The number of ether oxygens (including phenoxy) is 1. The summed E-state index contributed by atoms with van der Waals surface area (Å²) in [5.41, 5.74) is 2.79. The zero-order valence-electron chi connectivity index (χ0n) is 19.9. The number of nitrogens with zero attached hydrogens (tertiary/aromatic N) is 2. The average molecular weight is 600 g/mol. The molecule has 0 amide bonds. The largest absolute Gasteiger partial charge is 0.494 e. The number of furan rings is 1. The molecule has 1 aliphatic rings. The Balaban J connectivity index is 1.59. The standard InChI is InChI=1S/C26H23BrN4O4S2/c1-34-23-15-18(10-11-19(23)30-37(2,32)33)31-25(24(29-26(31)36)20-5-3-4-14-28-20)22-13-12-21(35-22)16-6-8-17(27)9-7-16/h3-15,24-25,30H,1-2H3,(H,29,36)/t24-,25-/m0/s1. The quantitative estimate of drug-likeness (QED) is 0.263. The number of methoxy groups -OCH3 is 1. The van der Waals surface area contributed by atoms with Crippen molar-refractivity contribution in [2.75, 3.05) is 23.0 Å². The molecule has 4 aromatic rings. The Kier molecular flexibility index (Phi) is 6.93. The molecule has 2 aromatic carbocycles. The minimum Gasteiger partial charge on any atom is -0.494 e. The molecule has 0 spiro atoms. The SMILES string of the molecule is COc1cc(N2C(=S)N[C@@H](c3ccccn3)[C@@H]2c2ccc(-c3ccc(Br)cc3)o2)ccc1NS(C)(=O)=O. The van der Waals surface area contributed by atoms with Gasteiger partial charge in [-0.15, -0.1) is 0 Å². The maximum absolute atomic E-state index is 11.8. The van der Waals surface area contributed by atoms with E-state index in [0.29, 0.717) is 28.0 Å². The maximum atomic E-state index is 11.8. The van der Waals surface area contributed by atoms with Crippen molar-refractivity contribution >= 4 is 54.7 Å². The fraction of sp³-hybridized carbons (Fsp3) is 0.154. The summed E-state index contributed by atoms with van der Waals surface area (Å²) in [6.07, 6.45) is 2.83. The van der Waals surface area contributed by atoms with Crippen molar-refractivity contribution in [3.05, 3.63) is 94.9 Å². The van der Waals surface area contributed by atoms with E-state index in [1.165, 1.54) is 7.11 Å². The maximum Gasteiger partial charge on any atom is 0.229 e. The van der Waals surface area contributed by atoms with E-state index in [0.717, 1.165) is 27.7 Å². The number of anilines is 2. The van der Waals surface area contributed by atoms with Gasteiger partial charge in [0.1, 0.15) is 23.3 Å². The third-order valence-corrected chi connectivity index (χ3v) is 7.34. The summed E-state index contributed by atoms with van der Waals surface area (Å²) in [5, 5.41) is 3.87. The molecule has 1 fully saturated rings. The lowest BCUT2D eigenvalue weighted by atomic mass is 10.0. The van der Waals surface area contributed by atoms with Crippen LogP contribution in [0.5, 0.6) is 5.75 Å². The van der Waals surface area contributed by atoms with Gasteiger partial charge in [-0.1, -0.05) is 34.1 Å². The van der Waals surface area contributed by atoms with Gasteiger partial charge in [0, 0.05) is 28.0 Å². The van der Waals surface area contributed by atoms with Crippen LogP contribution >= 0.6 is 28.1 Å². The molecular weight excluding hydrogens is 576 g/mol. The Morgan fingerprint density at radius 2 is 1.89 bits per heavy atom. The van der Waals surface area contributed by atoms with Crippen LogP contribution in [0.1, 0.15) is 23.5 Å². The molecule has 0 saturated carbocycles. The first-order chi connectivity index (χ1) is 17.7. The molecular formula is C26H23BrN4O4S2. The summed E-state index contributed by atoms with van der Waals surface area (Å²) in [5.74, 6) is 1.78. The average Bonchev–Trinajstić information content (AvgIpc) is 3.49. The molecule has 2 atom stereocenters. The topological polar surface area (TPSA) is 96.7 Å². The second-order valence-electron chi connectivity index (χ2n) is 8.46. The number of nitrogens with one attached hydrogen (secondary N) is 2. The van der Waals surface area contributed by atoms with Crippen LogP contribution in [0.4, 0.5) is 11.4 Å². The monoisotopic (exact) mass is 598 g/mol. The van der Waals surface area contributed by atoms with Gasteiger partial charge in [-0.3, -0.25) is 9.71 Å². The Morgan fingerprint density at radius 1 is 1.11 bits per heavy atom. The molecule has 11 heteroatoms. The number of halogens is 1. The van der Waals surface area contributed by atoms with Gasteiger partial charge >= 0.3 is 0 Å². The van der Waals surface area contributed by atoms with Crippen molar-refractivity contribution < 1.29 is 17.6 Å². The number of rotatable bonds is 7. The molecule has 1 aliphatic heterocycles. The number of sulfonamides is 1. The van der Waals surface area contributed by atoms with Crippen LogP contribution in [0.2, 0.25) is 0 Å². The third-order valence-electron chi connectivity index (χ3n) is 5.90. The minimum absolute atomic E-state index is 0.294. The van der Waals surface area contributed by atoms with E-state index in [1.807, 2.05) is 59.5 Å². The van der Waals surface area contributed by atoms with Crippen molar-refractivity contribution in [2.24, 2.45) is 0 Å². The highest BCUT2D eigenvalue weighted by atomic mass is 79.9. The first-order valence-corrected chi connectivity index (χ1v) is 14.3. The van der Waals surface area contributed by atoms with Crippen molar-refractivity contribution in [2.45, 2.75) is 12.1 Å². The van der Waals surface area contributed by atoms with Gasteiger partial charge in [-0.25, -0.2) is 8.42 Å². The van der Waals surface area contributed by atoms with E-state index in [-0.39, 0.29) is 12.1 Å². The molecule has 2 N–H and O–H groups in total. The highest BCUT2D eigenvalue weighted by Crippen LogP contribution is 2.44. The van der Waals surface area contributed by atoms with Gasteiger partial charge in [0.15, 0.2) is 5.11 Å². The lowest BCUT2D eigenvalue weighted by Crippen LogP contribution is -2.29. The van der Waals surface area contributed by atoms with Crippen LogP contribution in [0.15, 0.2) is 87.9 Å². The fourth-order valence-electron chi connectivity index (χ4n) is 4.32. The number of thiocarbonyl (C=S) groups is 1. The number of pyridine rings is 1. The molecule has 8 nitrogen and oxygen atoms in total. The van der Waals surface area contributed by atoms with Crippen LogP contribution in [-0.4, -0.2) is 31.9 Å². The Hall–Kier alpha value is -3.41. The molecule has 1 saturated heterocycles. The minimum atomic E-state index is -3.49. The lowest BCUT2D eigenvalue weighted by Gasteiger charge is -2.26. The van der Waals surface area contributed by atoms with Gasteiger partial charge in [-0.2, -0.15) is 0 Å². The molecule has 3 heterocycles. The second-order valence-corrected chi connectivity index (χ2v) is 11.5. The van der Waals surface area contributed by atoms with Crippen LogP contribution in [0, 0.1) is 0 Å². The van der Waals surface area contributed by atoms with E-state index in [1.54, 1.807) is 24.4 Å². The number of benzene rings is 2. The van der Waals surface area contributed by atoms with Crippen molar-refractivity contribution in [1.82, 2.24) is 10.3 Å². The number of hydrogen-bond acceptors (Lipinski definition) is 6. The Morgan fingerprint density at radius 3 is 2.57 bits per heavy atom. The van der Waals surface area contributed by atoms with E-state index in [2.05, 4.69) is 31.0 Å². The summed E-state index contributed by atoms with van der Waals surface area (Å²) in [6.45, 7) is 0. The zero-order valence-corrected chi connectivity index (χ0v) is 23.1. The van der Waals surface area contributed by atoms with E-state index in [9.17, 15) is 8.42 Å². The normalized spacial score (nSPS) is 17.5. The van der Waals surface area contributed by atoms with Gasteiger partial charge in [0.05, 0.1) is 30.8 Å². The smallest absolute Gasteiger partial charge is 0.229 e. The zero-order chi connectivity index (χ0) is 26.2. The predicted octanol–water partition coefficient (Wildman–Crippen LogP) is 5.66. The summed E-state index contributed by atoms with van der Waals surface area (Å²) in [4.78, 5) is 6.50. The van der Waals surface area contributed by atoms with E-state index in [4.69, 9.17) is 21.4 Å². The predicted molar refractivity (Wildman–Crippen MR) is 151 cm³/mol. The lowest BCUT2D eigenvalue weighted by molar-refractivity contribution is 0.416. The van der Waals surface area contributed by atoms with Gasteiger partial charge in [0.25, 0.3) is 0 Å². The summed E-state index contributed by atoms with van der Waals surface area (Å²) in [7, 11) is -2.00. The van der Waals surface area contributed by atoms with Crippen LogP contribution in [0.3, 0.4) is 0 Å². The van der Waals surface area contributed by atoms with Crippen molar-refractivity contribution in [1.29, 1.82) is 0 Å². The summed E-state index contributed by atoms with van der Waals surface area (Å²) in [6, 6.07) is 22.0. The van der Waals surface area contributed by atoms with E-state index >= 15 is 0 Å². The van der Waals surface area contributed by atoms with E-state index < -0.39 is 10.0 Å². The van der Waals surface area contributed by atoms with Crippen LogP contribution in [-0.2, 0) is 10.0 Å². The molecule has 190 valence electrons. The highest BCUT2D eigenvalue weighted by molar-refractivity contribution is 9.10. The highest BCUT2D eigenvalue weighted by Gasteiger charge is 2.42. The fourth-order valence-corrected chi connectivity index (χ4v) is 5.50.